The fraction of sp³-hybridized carbons (Fsp3) is 1.00. The average molecular weight is 158 g/mol. The third-order valence-electron chi connectivity index (χ3n) is 2.88. The van der Waals surface area contributed by atoms with Crippen molar-refractivity contribution in [1.29, 1.82) is 0 Å². The van der Waals surface area contributed by atoms with Crippen LogP contribution in [0.4, 0.5) is 0 Å². The Morgan fingerprint density at radius 1 is 1.27 bits per heavy atom. The number of ether oxygens (including phenoxy) is 2. The Bertz CT molecular complexity index is 157. The van der Waals surface area contributed by atoms with Crippen molar-refractivity contribution in [2.75, 3.05) is 19.8 Å². The summed E-state index contributed by atoms with van der Waals surface area (Å²) in [7, 11) is 0. The Hall–Kier alpha value is -0.120. The third-order valence-corrected chi connectivity index (χ3v) is 2.88. The van der Waals surface area contributed by atoms with E-state index in [9.17, 15) is 5.11 Å². The van der Waals surface area contributed by atoms with Crippen LogP contribution in [0.3, 0.4) is 0 Å². The molecule has 0 amide bonds. The van der Waals surface area contributed by atoms with Crippen LogP contribution in [0, 0.1) is 0 Å². The Morgan fingerprint density at radius 2 is 1.82 bits per heavy atom. The molecule has 2 aliphatic rings. The molecule has 2 rings (SSSR count). The molecule has 2 saturated heterocycles. The maximum atomic E-state index is 10.1. The van der Waals surface area contributed by atoms with E-state index in [0.29, 0.717) is 32.7 Å². The summed E-state index contributed by atoms with van der Waals surface area (Å²) in [6, 6.07) is 0. The van der Waals surface area contributed by atoms with Crippen molar-refractivity contribution in [3.63, 3.8) is 0 Å². The molecule has 0 aromatic rings. The minimum atomic E-state index is -0.620. The molecule has 0 aromatic carbocycles. The Morgan fingerprint density at radius 3 is 2.27 bits per heavy atom. The van der Waals surface area contributed by atoms with Crippen LogP contribution in [0.5, 0.6) is 0 Å². The van der Waals surface area contributed by atoms with Crippen LogP contribution < -0.4 is 0 Å². The summed E-state index contributed by atoms with van der Waals surface area (Å²) in [5.74, 6) is 0. The van der Waals surface area contributed by atoms with Gasteiger partial charge in [0.1, 0.15) is 5.60 Å². The van der Waals surface area contributed by atoms with Gasteiger partial charge in [-0.2, -0.15) is 0 Å². The van der Waals surface area contributed by atoms with Crippen molar-refractivity contribution in [2.45, 2.75) is 31.0 Å². The number of hydrogen-bond acceptors (Lipinski definition) is 3. The fourth-order valence-corrected chi connectivity index (χ4v) is 1.61. The van der Waals surface area contributed by atoms with Gasteiger partial charge in [-0.3, -0.25) is 0 Å². The second kappa shape index (κ2) is 2.19. The molecular formula is C8H14O3. The van der Waals surface area contributed by atoms with E-state index in [4.69, 9.17) is 9.47 Å². The van der Waals surface area contributed by atoms with E-state index in [0.717, 1.165) is 0 Å². The zero-order chi connectivity index (χ0) is 7.95. The minimum absolute atomic E-state index is 0.267. The monoisotopic (exact) mass is 158 g/mol. The zero-order valence-corrected chi connectivity index (χ0v) is 6.80. The van der Waals surface area contributed by atoms with Crippen LogP contribution in [0.15, 0.2) is 0 Å². The van der Waals surface area contributed by atoms with Gasteiger partial charge in [-0.05, 0) is 6.92 Å². The van der Waals surface area contributed by atoms with Gasteiger partial charge >= 0.3 is 0 Å². The van der Waals surface area contributed by atoms with E-state index < -0.39 is 5.60 Å². The third kappa shape index (κ3) is 1.08. The maximum absolute atomic E-state index is 10.1. The molecule has 2 fully saturated rings. The van der Waals surface area contributed by atoms with Gasteiger partial charge in [0.2, 0.25) is 0 Å². The van der Waals surface area contributed by atoms with Gasteiger partial charge < -0.3 is 14.6 Å². The van der Waals surface area contributed by atoms with Gasteiger partial charge in [0.05, 0.1) is 12.2 Å². The molecule has 0 saturated carbocycles. The van der Waals surface area contributed by atoms with Crippen LogP contribution in [-0.4, -0.2) is 36.1 Å². The van der Waals surface area contributed by atoms with Crippen LogP contribution in [0.25, 0.3) is 0 Å². The summed E-state index contributed by atoms with van der Waals surface area (Å²) in [6.07, 6.45) is 1.42. The second-order valence-electron chi connectivity index (χ2n) is 3.66. The molecule has 1 atom stereocenters. The van der Waals surface area contributed by atoms with Gasteiger partial charge in [-0.25, -0.2) is 0 Å². The Labute approximate surface area is 66.3 Å². The smallest absolute Gasteiger partial charge is 0.117 e. The summed E-state index contributed by atoms with van der Waals surface area (Å²) < 4.78 is 10.4. The van der Waals surface area contributed by atoms with Gasteiger partial charge in [0.25, 0.3) is 0 Å². The average Bonchev–Trinajstić information content (AvgIpc) is 2.71. The summed E-state index contributed by atoms with van der Waals surface area (Å²) in [4.78, 5) is 0. The van der Waals surface area contributed by atoms with Gasteiger partial charge in [-0.15, -0.1) is 0 Å². The number of rotatable bonds is 1. The molecule has 0 aliphatic carbocycles. The van der Waals surface area contributed by atoms with E-state index in [2.05, 4.69) is 0 Å². The molecule has 11 heavy (non-hydrogen) atoms. The van der Waals surface area contributed by atoms with Crippen LogP contribution in [0.2, 0.25) is 0 Å². The van der Waals surface area contributed by atoms with Gasteiger partial charge in [0.15, 0.2) is 0 Å². The molecule has 0 aromatic heterocycles. The van der Waals surface area contributed by atoms with Crippen molar-refractivity contribution < 1.29 is 14.6 Å². The lowest BCUT2D eigenvalue weighted by Gasteiger charge is -2.35. The number of aliphatic hydroxyl groups is 1. The lowest BCUT2D eigenvalue weighted by molar-refractivity contribution is -0.104. The second-order valence-corrected chi connectivity index (χ2v) is 3.66. The standard InChI is InChI=1S/C8H14O3/c1-7(6-11-7)8(9)2-4-10-5-3-8/h9H,2-6H2,1H3. The quantitative estimate of drug-likeness (QED) is 0.559. The minimum Gasteiger partial charge on any atom is -0.387 e. The van der Waals surface area contributed by atoms with Crippen molar-refractivity contribution in [3.8, 4) is 0 Å². The first-order chi connectivity index (χ1) is 5.16. The van der Waals surface area contributed by atoms with E-state index in [1.165, 1.54) is 0 Å². The molecule has 3 heteroatoms. The molecule has 2 aliphatic heterocycles. The van der Waals surface area contributed by atoms with Gasteiger partial charge in [0, 0.05) is 26.1 Å². The van der Waals surface area contributed by atoms with Crippen molar-refractivity contribution in [2.24, 2.45) is 0 Å². The normalized spacial score (nSPS) is 42.0. The van der Waals surface area contributed by atoms with Crippen molar-refractivity contribution >= 4 is 0 Å². The highest BCUT2D eigenvalue weighted by Crippen LogP contribution is 2.43. The molecule has 3 nitrogen and oxygen atoms in total. The van der Waals surface area contributed by atoms with E-state index in [1.807, 2.05) is 6.92 Å². The topological polar surface area (TPSA) is 42.0 Å². The predicted molar refractivity (Wildman–Crippen MR) is 39.4 cm³/mol. The summed E-state index contributed by atoms with van der Waals surface area (Å²) in [6.45, 7) is 3.99. The van der Waals surface area contributed by atoms with Crippen molar-refractivity contribution in [1.82, 2.24) is 0 Å². The molecule has 1 N–H and O–H groups in total. The fourth-order valence-electron chi connectivity index (χ4n) is 1.61. The van der Waals surface area contributed by atoms with Crippen LogP contribution in [0.1, 0.15) is 19.8 Å². The lowest BCUT2D eigenvalue weighted by atomic mass is 9.82. The highest BCUT2D eigenvalue weighted by Gasteiger charge is 2.57. The lowest BCUT2D eigenvalue weighted by Crippen LogP contribution is -2.47. The van der Waals surface area contributed by atoms with Crippen molar-refractivity contribution in [3.05, 3.63) is 0 Å². The summed E-state index contributed by atoms with van der Waals surface area (Å²) >= 11 is 0. The maximum Gasteiger partial charge on any atom is 0.117 e. The molecule has 0 bridgehead atoms. The molecule has 64 valence electrons. The first-order valence-electron chi connectivity index (χ1n) is 4.10. The number of hydrogen-bond donors (Lipinski definition) is 1. The highest BCUT2D eigenvalue weighted by molar-refractivity contribution is 5.06. The zero-order valence-electron chi connectivity index (χ0n) is 6.80. The Kier molecular flexibility index (Phi) is 1.50. The first-order valence-corrected chi connectivity index (χ1v) is 4.10. The summed E-state index contributed by atoms with van der Waals surface area (Å²) in [5, 5.41) is 10.1. The molecule has 2 heterocycles. The van der Waals surface area contributed by atoms with E-state index >= 15 is 0 Å². The summed E-state index contributed by atoms with van der Waals surface area (Å²) in [5.41, 5.74) is -0.887. The molecule has 1 unspecified atom stereocenters. The molecule has 0 radical (unpaired) electrons. The van der Waals surface area contributed by atoms with Crippen LogP contribution >= 0.6 is 0 Å². The highest BCUT2D eigenvalue weighted by atomic mass is 16.6. The Balaban J connectivity index is 2.07. The largest absolute Gasteiger partial charge is 0.387 e. The van der Waals surface area contributed by atoms with Crippen LogP contribution in [-0.2, 0) is 9.47 Å². The SMILES string of the molecule is CC1(C2(O)CCOCC2)CO1. The van der Waals surface area contributed by atoms with E-state index in [-0.39, 0.29) is 5.60 Å². The molecule has 0 spiro atoms. The molecular weight excluding hydrogens is 144 g/mol. The van der Waals surface area contributed by atoms with E-state index in [1.54, 1.807) is 0 Å². The predicted octanol–water partition coefficient (Wildman–Crippen LogP) is 0.317. The van der Waals surface area contributed by atoms with Gasteiger partial charge in [-0.1, -0.05) is 0 Å². The first kappa shape index (κ1) is 7.53. The number of epoxide rings is 1.